The number of carbonyl (C=O) groups excluding carboxylic acids is 1. The number of nitrogens with one attached hydrogen (secondary N) is 1. The monoisotopic (exact) mass is 288 g/mol. The molecule has 1 fully saturated rings. The third-order valence-corrected chi connectivity index (χ3v) is 4.88. The zero-order chi connectivity index (χ0) is 14.8. The Bertz CT molecular complexity index is 517. The molecule has 1 N–H and O–H groups in total. The molecule has 1 aromatic rings. The van der Waals surface area contributed by atoms with E-state index in [1.807, 2.05) is 4.90 Å². The van der Waals surface area contributed by atoms with Crippen molar-refractivity contribution in [3.63, 3.8) is 0 Å². The lowest BCUT2D eigenvalue weighted by molar-refractivity contribution is -0.138. The summed E-state index contributed by atoms with van der Waals surface area (Å²) in [4.78, 5) is 14.7. The fourth-order valence-corrected chi connectivity index (χ4v) is 3.39. The summed E-state index contributed by atoms with van der Waals surface area (Å²) in [6.45, 7) is 4.55. The zero-order valence-electron chi connectivity index (χ0n) is 12.8. The van der Waals surface area contributed by atoms with Crippen LogP contribution in [0.25, 0.3) is 0 Å². The summed E-state index contributed by atoms with van der Waals surface area (Å²) in [5.74, 6) is 0.748. The highest BCUT2D eigenvalue weighted by molar-refractivity contribution is 5.82. The largest absolute Gasteiger partial charge is 0.379 e. The molecule has 0 aliphatic carbocycles. The molecule has 4 nitrogen and oxygen atoms in total. The quantitative estimate of drug-likeness (QED) is 0.898. The third kappa shape index (κ3) is 2.97. The number of benzene rings is 1. The van der Waals surface area contributed by atoms with E-state index >= 15 is 0 Å². The lowest BCUT2D eigenvalue weighted by atomic mass is 9.92. The van der Waals surface area contributed by atoms with Crippen molar-refractivity contribution in [2.24, 2.45) is 5.92 Å². The first-order chi connectivity index (χ1) is 10.2. The molecule has 0 bridgehead atoms. The van der Waals surface area contributed by atoms with E-state index < -0.39 is 0 Å². The van der Waals surface area contributed by atoms with Gasteiger partial charge in [-0.3, -0.25) is 4.79 Å². The van der Waals surface area contributed by atoms with E-state index in [9.17, 15) is 4.79 Å². The summed E-state index contributed by atoms with van der Waals surface area (Å²) in [5.41, 5.74) is 2.60. The highest BCUT2D eigenvalue weighted by atomic mass is 16.5. The van der Waals surface area contributed by atoms with Gasteiger partial charge in [0.25, 0.3) is 0 Å². The van der Waals surface area contributed by atoms with Crippen molar-refractivity contribution in [2.75, 3.05) is 20.2 Å². The molecular formula is C17H24N2O2. The molecule has 1 amide bonds. The van der Waals surface area contributed by atoms with Gasteiger partial charge in [0.15, 0.2) is 0 Å². The van der Waals surface area contributed by atoms with Crippen LogP contribution in [0.5, 0.6) is 0 Å². The molecule has 0 aromatic heterocycles. The van der Waals surface area contributed by atoms with Gasteiger partial charge >= 0.3 is 0 Å². The second-order valence-electron chi connectivity index (χ2n) is 6.23. The number of ether oxygens (including phenoxy) is 1. The molecule has 0 spiro atoms. The predicted octanol–water partition coefficient (Wildman–Crippen LogP) is 1.58. The van der Waals surface area contributed by atoms with Gasteiger partial charge in [-0.25, -0.2) is 0 Å². The topological polar surface area (TPSA) is 41.6 Å². The van der Waals surface area contributed by atoms with Crippen LogP contribution in [0, 0.1) is 5.92 Å². The Balaban J connectivity index is 1.67. The zero-order valence-corrected chi connectivity index (χ0v) is 12.8. The second kappa shape index (κ2) is 6.16. The van der Waals surface area contributed by atoms with Gasteiger partial charge in [-0.15, -0.1) is 0 Å². The van der Waals surface area contributed by atoms with Gasteiger partial charge in [-0.1, -0.05) is 31.2 Å². The number of piperidine rings is 1. The van der Waals surface area contributed by atoms with Gasteiger partial charge in [-0.05, 0) is 29.9 Å². The van der Waals surface area contributed by atoms with E-state index in [2.05, 4.69) is 36.5 Å². The van der Waals surface area contributed by atoms with Gasteiger partial charge in [0.1, 0.15) is 0 Å². The van der Waals surface area contributed by atoms with Crippen LogP contribution in [0.2, 0.25) is 0 Å². The first-order valence-corrected chi connectivity index (χ1v) is 7.80. The van der Waals surface area contributed by atoms with Crippen molar-refractivity contribution in [3.8, 4) is 0 Å². The number of carbonyl (C=O) groups is 1. The number of rotatable bonds is 2. The predicted molar refractivity (Wildman–Crippen MR) is 81.9 cm³/mol. The maximum atomic E-state index is 12.7. The number of nitrogens with zero attached hydrogens (tertiary/aromatic N) is 1. The molecule has 2 heterocycles. The fourth-order valence-electron chi connectivity index (χ4n) is 3.39. The number of likely N-dealkylation sites (tertiary alicyclic amines) is 1. The Morgan fingerprint density at radius 3 is 2.86 bits per heavy atom. The summed E-state index contributed by atoms with van der Waals surface area (Å²) in [6.07, 6.45) is 1.98. The Morgan fingerprint density at radius 2 is 2.10 bits per heavy atom. The van der Waals surface area contributed by atoms with Crippen LogP contribution in [-0.4, -0.2) is 43.2 Å². The minimum Gasteiger partial charge on any atom is -0.379 e. The van der Waals surface area contributed by atoms with Gasteiger partial charge in [-0.2, -0.15) is 0 Å². The maximum Gasteiger partial charge on any atom is 0.240 e. The first kappa shape index (κ1) is 14.5. The van der Waals surface area contributed by atoms with Crippen LogP contribution in [0.1, 0.15) is 24.5 Å². The van der Waals surface area contributed by atoms with E-state index in [0.29, 0.717) is 5.92 Å². The van der Waals surface area contributed by atoms with E-state index in [0.717, 1.165) is 32.5 Å². The number of hydrogen-bond donors (Lipinski definition) is 1. The molecule has 2 unspecified atom stereocenters. The van der Waals surface area contributed by atoms with Crippen molar-refractivity contribution in [1.29, 1.82) is 0 Å². The fraction of sp³-hybridized carbons (Fsp3) is 0.588. The van der Waals surface area contributed by atoms with Crippen LogP contribution in [-0.2, 0) is 22.5 Å². The first-order valence-electron chi connectivity index (χ1n) is 7.80. The van der Waals surface area contributed by atoms with Crippen molar-refractivity contribution in [3.05, 3.63) is 35.4 Å². The molecule has 0 saturated carbocycles. The summed E-state index contributed by atoms with van der Waals surface area (Å²) in [7, 11) is 1.74. The second-order valence-corrected chi connectivity index (χ2v) is 6.23. The standard InChI is InChI=1S/C17H24N2O2/c1-12-7-8-19(11-16(12)21-2)17(20)15-9-13-5-3-4-6-14(13)10-18-15/h3-6,12,15-16,18H,7-11H2,1-2H3/t12?,15-,16?/m1/s1. The lowest BCUT2D eigenvalue weighted by Crippen LogP contribution is -2.54. The molecular weight excluding hydrogens is 264 g/mol. The van der Waals surface area contributed by atoms with Crippen molar-refractivity contribution < 1.29 is 9.53 Å². The highest BCUT2D eigenvalue weighted by Crippen LogP contribution is 2.22. The molecule has 4 heteroatoms. The molecule has 1 saturated heterocycles. The Kier molecular flexibility index (Phi) is 4.27. The summed E-state index contributed by atoms with van der Waals surface area (Å²) < 4.78 is 5.51. The third-order valence-electron chi connectivity index (χ3n) is 4.88. The average molecular weight is 288 g/mol. The lowest BCUT2D eigenvalue weighted by Gasteiger charge is -2.38. The van der Waals surface area contributed by atoms with Crippen molar-refractivity contribution >= 4 is 5.91 Å². The van der Waals surface area contributed by atoms with Crippen LogP contribution < -0.4 is 5.32 Å². The van der Waals surface area contributed by atoms with E-state index in [1.165, 1.54) is 11.1 Å². The van der Waals surface area contributed by atoms with Gasteiger partial charge in [0.05, 0.1) is 12.1 Å². The number of fused-ring (bicyclic) bond motifs is 1. The van der Waals surface area contributed by atoms with Gasteiger partial charge in [0.2, 0.25) is 5.91 Å². The summed E-state index contributed by atoms with van der Waals surface area (Å²) in [6, 6.07) is 8.28. The molecule has 21 heavy (non-hydrogen) atoms. The number of methoxy groups -OCH3 is 1. The molecule has 0 radical (unpaired) electrons. The van der Waals surface area contributed by atoms with Crippen LogP contribution in [0.4, 0.5) is 0 Å². The average Bonchev–Trinajstić information content (AvgIpc) is 2.54. The highest BCUT2D eigenvalue weighted by Gasteiger charge is 2.33. The smallest absolute Gasteiger partial charge is 0.240 e. The van der Waals surface area contributed by atoms with Crippen LogP contribution in [0.3, 0.4) is 0 Å². The maximum absolute atomic E-state index is 12.7. The number of amides is 1. The Morgan fingerprint density at radius 1 is 1.33 bits per heavy atom. The summed E-state index contributed by atoms with van der Waals surface area (Å²) in [5, 5.41) is 3.38. The molecule has 3 rings (SSSR count). The van der Waals surface area contributed by atoms with Gasteiger partial charge < -0.3 is 15.0 Å². The molecule has 114 valence electrons. The van der Waals surface area contributed by atoms with E-state index in [4.69, 9.17) is 4.74 Å². The minimum absolute atomic E-state index is 0.0918. The summed E-state index contributed by atoms with van der Waals surface area (Å²) >= 11 is 0. The SMILES string of the molecule is COC1CN(C(=O)[C@H]2Cc3ccccc3CN2)CCC1C. The normalized spacial score (nSPS) is 29.0. The van der Waals surface area contributed by atoms with Crippen LogP contribution >= 0.6 is 0 Å². The number of hydrogen-bond acceptors (Lipinski definition) is 3. The molecule has 1 aromatic carbocycles. The Hall–Kier alpha value is -1.39. The Labute approximate surface area is 126 Å². The molecule has 2 aliphatic heterocycles. The van der Waals surface area contributed by atoms with E-state index in [1.54, 1.807) is 7.11 Å². The van der Waals surface area contributed by atoms with E-state index in [-0.39, 0.29) is 18.1 Å². The van der Waals surface area contributed by atoms with Crippen molar-refractivity contribution in [2.45, 2.75) is 38.5 Å². The van der Waals surface area contributed by atoms with Gasteiger partial charge in [0, 0.05) is 26.7 Å². The minimum atomic E-state index is -0.0918. The molecule has 2 aliphatic rings. The molecule has 3 atom stereocenters. The van der Waals surface area contributed by atoms with Crippen LogP contribution in [0.15, 0.2) is 24.3 Å². The van der Waals surface area contributed by atoms with Crippen molar-refractivity contribution in [1.82, 2.24) is 10.2 Å².